The Morgan fingerprint density at radius 3 is 2.30 bits per heavy atom. The smallest absolute Gasteiger partial charge is 0.0787 e. The van der Waals surface area contributed by atoms with Crippen LogP contribution < -0.4 is 0 Å². The molecular weight excluding hydrogens is 402 g/mol. The summed E-state index contributed by atoms with van der Waals surface area (Å²) < 4.78 is 4.00. The van der Waals surface area contributed by atoms with Gasteiger partial charge in [-0.2, -0.15) is 0 Å². The van der Waals surface area contributed by atoms with Crippen LogP contribution in [0, 0.1) is 0 Å². The second-order valence-electron chi connectivity index (χ2n) is 7.64. The molecule has 0 saturated carbocycles. The molecule has 0 unspecified atom stereocenters. The van der Waals surface area contributed by atoms with E-state index in [2.05, 4.69) is 78.2 Å². The summed E-state index contributed by atoms with van der Waals surface area (Å²) in [5.41, 5.74) is 3.57. The van der Waals surface area contributed by atoms with Crippen molar-refractivity contribution < 1.29 is 0 Å². The van der Waals surface area contributed by atoms with Crippen molar-refractivity contribution in [1.29, 1.82) is 0 Å². The molecule has 0 atom stereocenters. The maximum absolute atomic E-state index is 4.83. The van der Waals surface area contributed by atoms with Crippen LogP contribution in [0.2, 0.25) is 0 Å². The highest BCUT2D eigenvalue weighted by molar-refractivity contribution is 7.25. The monoisotopic (exact) mass is 417 g/mol. The van der Waals surface area contributed by atoms with Crippen LogP contribution in [0.15, 0.2) is 90.4 Å². The molecule has 7 rings (SSSR count). The largest absolute Gasteiger partial charge is 0.256 e. The molecule has 0 spiro atoms. The van der Waals surface area contributed by atoms with Crippen molar-refractivity contribution in [1.82, 2.24) is 4.98 Å². The van der Waals surface area contributed by atoms with Gasteiger partial charge in [0.1, 0.15) is 0 Å². The van der Waals surface area contributed by atoms with E-state index in [1.165, 1.54) is 57.5 Å². The number of hydrogen-bond donors (Lipinski definition) is 0. The summed E-state index contributed by atoms with van der Waals surface area (Å²) in [6.07, 6.45) is 1.91. The molecule has 30 heavy (non-hydrogen) atoms. The number of hydrogen-bond acceptors (Lipinski definition) is 3. The van der Waals surface area contributed by atoms with E-state index < -0.39 is 0 Å². The number of pyridine rings is 1. The average Bonchev–Trinajstić information content (AvgIpc) is 3.38. The van der Waals surface area contributed by atoms with Gasteiger partial charge in [-0.15, -0.1) is 22.7 Å². The van der Waals surface area contributed by atoms with E-state index in [1.807, 2.05) is 23.6 Å². The second kappa shape index (κ2) is 6.11. The predicted molar refractivity (Wildman–Crippen MR) is 133 cm³/mol. The molecule has 0 aliphatic heterocycles. The van der Waals surface area contributed by atoms with E-state index in [0.29, 0.717) is 0 Å². The van der Waals surface area contributed by atoms with E-state index in [1.54, 1.807) is 11.3 Å². The first-order chi connectivity index (χ1) is 14.9. The van der Waals surface area contributed by atoms with Gasteiger partial charge >= 0.3 is 0 Å². The van der Waals surface area contributed by atoms with Crippen molar-refractivity contribution in [2.45, 2.75) is 0 Å². The molecule has 0 fully saturated rings. The van der Waals surface area contributed by atoms with E-state index in [9.17, 15) is 0 Å². The first kappa shape index (κ1) is 16.5. The maximum atomic E-state index is 4.83. The SMILES string of the molecule is c1ccc2c(-c3cc4cc5sc6ccccc6c5cc4c4cccnc34)csc2c1. The second-order valence-corrected chi connectivity index (χ2v) is 9.63. The quantitative estimate of drug-likeness (QED) is 0.244. The molecule has 1 nitrogen and oxygen atoms in total. The molecule has 0 radical (unpaired) electrons. The third-order valence-corrected chi connectivity index (χ3v) is 8.07. The molecule has 3 heteroatoms. The Balaban J connectivity index is 1.65. The molecular formula is C27H15NS2. The molecule has 7 aromatic rings. The van der Waals surface area contributed by atoms with Crippen LogP contribution in [0.4, 0.5) is 0 Å². The van der Waals surface area contributed by atoms with Crippen LogP contribution >= 0.6 is 22.7 Å². The van der Waals surface area contributed by atoms with Crippen molar-refractivity contribution in [3.8, 4) is 11.1 Å². The minimum absolute atomic E-state index is 1.08. The standard InChI is InChI=1S/C27H15NS2/c1-3-9-24-18(7-1)23(15-29-24)22-12-16-13-26-21(17-6-2-4-10-25(17)30-26)14-20(16)19-8-5-11-28-27(19)22/h1-15H. The van der Waals surface area contributed by atoms with Crippen molar-refractivity contribution in [2.75, 3.05) is 0 Å². The molecule has 3 aromatic heterocycles. The maximum Gasteiger partial charge on any atom is 0.0787 e. The summed E-state index contributed by atoms with van der Waals surface area (Å²) in [4.78, 5) is 4.83. The highest BCUT2D eigenvalue weighted by atomic mass is 32.1. The van der Waals surface area contributed by atoms with Crippen LogP contribution in [-0.4, -0.2) is 4.98 Å². The van der Waals surface area contributed by atoms with Gasteiger partial charge in [-0.05, 0) is 52.6 Å². The fourth-order valence-electron chi connectivity index (χ4n) is 4.59. The van der Waals surface area contributed by atoms with Crippen LogP contribution in [0.25, 0.3) is 63.1 Å². The number of rotatable bonds is 1. The minimum Gasteiger partial charge on any atom is -0.256 e. The normalized spacial score (nSPS) is 12.0. The Morgan fingerprint density at radius 2 is 1.37 bits per heavy atom. The van der Waals surface area contributed by atoms with Crippen molar-refractivity contribution in [3.63, 3.8) is 0 Å². The summed E-state index contributed by atoms with van der Waals surface area (Å²) in [6, 6.07) is 28.7. The first-order valence-electron chi connectivity index (χ1n) is 9.96. The number of nitrogens with zero attached hydrogens (tertiary/aromatic N) is 1. The molecule has 3 heterocycles. The average molecular weight is 418 g/mol. The Hall–Kier alpha value is -3.27. The topological polar surface area (TPSA) is 12.9 Å². The molecule has 0 amide bonds. The lowest BCUT2D eigenvalue weighted by Crippen LogP contribution is -1.87. The summed E-state index contributed by atoms with van der Waals surface area (Å²) in [5.74, 6) is 0. The van der Waals surface area contributed by atoms with Crippen LogP contribution in [0.3, 0.4) is 0 Å². The summed E-state index contributed by atoms with van der Waals surface area (Å²) in [5, 5.41) is 10.0. The lowest BCUT2D eigenvalue weighted by Gasteiger charge is -2.10. The zero-order chi connectivity index (χ0) is 19.7. The summed E-state index contributed by atoms with van der Waals surface area (Å²) >= 11 is 3.68. The lowest BCUT2D eigenvalue weighted by atomic mass is 9.95. The molecule has 0 aliphatic carbocycles. The van der Waals surface area contributed by atoms with Gasteiger partial charge < -0.3 is 0 Å². The zero-order valence-corrected chi connectivity index (χ0v) is 17.6. The van der Waals surface area contributed by atoms with E-state index >= 15 is 0 Å². The third kappa shape index (κ3) is 2.25. The van der Waals surface area contributed by atoms with E-state index in [0.717, 1.165) is 5.52 Å². The highest BCUT2D eigenvalue weighted by Gasteiger charge is 2.15. The molecule has 0 saturated heterocycles. The van der Waals surface area contributed by atoms with Crippen LogP contribution in [0.5, 0.6) is 0 Å². The van der Waals surface area contributed by atoms with E-state index in [-0.39, 0.29) is 0 Å². The number of thiophene rings is 2. The van der Waals surface area contributed by atoms with Gasteiger partial charge in [0, 0.05) is 53.0 Å². The Labute approximate surface area is 180 Å². The van der Waals surface area contributed by atoms with Crippen molar-refractivity contribution in [2.24, 2.45) is 0 Å². The number of fused-ring (bicyclic) bond motifs is 7. The highest BCUT2D eigenvalue weighted by Crippen LogP contribution is 2.42. The zero-order valence-electron chi connectivity index (χ0n) is 15.9. The van der Waals surface area contributed by atoms with Crippen molar-refractivity contribution >= 4 is 74.6 Å². The number of benzene rings is 4. The van der Waals surface area contributed by atoms with Crippen LogP contribution in [-0.2, 0) is 0 Å². The lowest BCUT2D eigenvalue weighted by molar-refractivity contribution is 1.42. The van der Waals surface area contributed by atoms with E-state index in [4.69, 9.17) is 4.98 Å². The van der Waals surface area contributed by atoms with Gasteiger partial charge in [-0.25, -0.2) is 0 Å². The Bertz CT molecular complexity index is 1750. The molecule has 4 aromatic carbocycles. The van der Waals surface area contributed by atoms with Gasteiger partial charge in [0.2, 0.25) is 0 Å². The molecule has 140 valence electrons. The first-order valence-corrected chi connectivity index (χ1v) is 11.7. The minimum atomic E-state index is 1.08. The van der Waals surface area contributed by atoms with Gasteiger partial charge in [0.15, 0.2) is 0 Å². The van der Waals surface area contributed by atoms with Crippen LogP contribution in [0.1, 0.15) is 0 Å². The summed E-state index contributed by atoms with van der Waals surface area (Å²) in [6.45, 7) is 0. The van der Waals surface area contributed by atoms with Crippen molar-refractivity contribution in [3.05, 3.63) is 90.4 Å². The van der Waals surface area contributed by atoms with Gasteiger partial charge in [0.05, 0.1) is 5.52 Å². The van der Waals surface area contributed by atoms with Gasteiger partial charge in [0.25, 0.3) is 0 Å². The Kier molecular flexibility index (Phi) is 3.37. The molecule has 0 aliphatic rings. The number of aromatic nitrogens is 1. The third-order valence-electron chi connectivity index (χ3n) is 5.97. The molecule has 0 N–H and O–H groups in total. The predicted octanol–water partition coefficient (Wildman–Crippen LogP) is 8.64. The fraction of sp³-hybridized carbons (Fsp3) is 0. The summed E-state index contributed by atoms with van der Waals surface area (Å²) in [7, 11) is 0. The molecule has 0 bridgehead atoms. The van der Waals surface area contributed by atoms with Gasteiger partial charge in [-0.3, -0.25) is 4.98 Å². The fourth-order valence-corrected chi connectivity index (χ4v) is 6.69. The Morgan fingerprint density at radius 1 is 0.567 bits per heavy atom. The van der Waals surface area contributed by atoms with Gasteiger partial charge in [-0.1, -0.05) is 42.5 Å².